The summed E-state index contributed by atoms with van der Waals surface area (Å²) in [5, 5.41) is 7.56. The van der Waals surface area contributed by atoms with Crippen LogP contribution in [0.2, 0.25) is 0 Å². The summed E-state index contributed by atoms with van der Waals surface area (Å²) in [6, 6.07) is 11.9. The average molecular weight is 435 g/mol. The molecule has 170 valence electrons. The number of fused-ring (bicyclic) bond motifs is 1. The van der Waals surface area contributed by atoms with Gasteiger partial charge in [-0.15, -0.1) is 0 Å². The molecule has 4 rings (SSSR count). The summed E-state index contributed by atoms with van der Waals surface area (Å²) in [6.45, 7) is 8.40. The summed E-state index contributed by atoms with van der Waals surface area (Å²) in [7, 11) is 0. The zero-order chi connectivity index (χ0) is 22.3. The molecule has 2 N–H and O–H groups in total. The van der Waals surface area contributed by atoms with Gasteiger partial charge in [-0.1, -0.05) is 32.6 Å². The number of pyridine rings is 1. The first-order chi connectivity index (χ1) is 15.7. The van der Waals surface area contributed by atoms with E-state index in [9.17, 15) is 4.79 Å². The van der Waals surface area contributed by atoms with Gasteiger partial charge < -0.3 is 15.5 Å². The van der Waals surface area contributed by atoms with E-state index >= 15 is 0 Å². The van der Waals surface area contributed by atoms with E-state index in [1.165, 1.54) is 24.9 Å². The third-order valence-corrected chi connectivity index (χ3v) is 6.19. The predicted molar refractivity (Wildman–Crippen MR) is 132 cm³/mol. The molecule has 3 heterocycles. The number of rotatable bonds is 9. The average Bonchev–Trinajstić information content (AvgIpc) is 2.82. The number of benzene rings is 1. The van der Waals surface area contributed by atoms with E-state index in [2.05, 4.69) is 58.6 Å². The second-order valence-corrected chi connectivity index (χ2v) is 8.62. The summed E-state index contributed by atoms with van der Waals surface area (Å²) in [4.78, 5) is 24.3. The zero-order valence-electron chi connectivity index (χ0n) is 19.2. The fourth-order valence-electron chi connectivity index (χ4n) is 4.33. The Hall–Kier alpha value is -2.93. The van der Waals surface area contributed by atoms with E-state index in [-0.39, 0.29) is 11.6 Å². The molecule has 1 fully saturated rings. The second-order valence-electron chi connectivity index (χ2n) is 8.62. The van der Waals surface area contributed by atoms with Crippen molar-refractivity contribution in [2.24, 2.45) is 0 Å². The van der Waals surface area contributed by atoms with Crippen LogP contribution in [0.5, 0.6) is 0 Å². The SMILES string of the molecule is CCCCCCC(C)n1c(=O)ccc2cnc(Nc3ccc(N4CCNCC4)cc3)nc21. The van der Waals surface area contributed by atoms with Crippen LogP contribution in [0.4, 0.5) is 17.3 Å². The third-order valence-electron chi connectivity index (χ3n) is 6.19. The molecule has 0 aliphatic carbocycles. The molecule has 1 aliphatic heterocycles. The molecule has 1 unspecified atom stereocenters. The molecule has 1 saturated heterocycles. The topological polar surface area (TPSA) is 75.1 Å². The first-order valence-electron chi connectivity index (χ1n) is 11.9. The van der Waals surface area contributed by atoms with E-state index in [1.807, 2.05) is 10.6 Å². The number of hydrogen-bond acceptors (Lipinski definition) is 6. The van der Waals surface area contributed by atoms with Crippen LogP contribution in [0.3, 0.4) is 0 Å². The van der Waals surface area contributed by atoms with Gasteiger partial charge in [-0.3, -0.25) is 9.36 Å². The molecular weight excluding hydrogens is 400 g/mol. The lowest BCUT2D eigenvalue weighted by atomic mass is 10.1. The summed E-state index contributed by atoms with van der Waals surface area (Å²) >= 11 is 0. The van der Waals surface area contributed by atoms with Crippen LogP contribution in [0, 0.1) is 0 Å². The number of unbranched alkanes of at least 4 members (excludes halogenated alkanes) is 3. The molecule has 1 aromatic carbocycles. The van der Waals surface area contributed by atoms with E-state index in [0.29, 0.717) is 11.6 Å². The van der Waals surface area contributed by atoms with Crippen LogP contribution < -0.4 is 21.1 Å². The Bertz CT molecular complexity index is 1070. The lowest BCUT2D eigenvalue weighted by Gasteiger charge is -2.29. The molecule has 1 aliphatic rings. The smallest absolute Gasteiger partial charge is 0.252 e. The maximum atomic E-state index is 12.7. The number of aromatic nitrogens is 3. The Balaban J connectivity index is 1.52. The minimum atomic E-state index is -0.00878. The van der Waals surface area contributed by atoms with Crippen molar-refractivity contribution >= 4 is 28.4 Å². The normalized spacial score (nSPS) is 15.1. The molecule has 2 aromatic heterocycles. The predicted octanol–water partition coefficient (Wildman–Crippen LogP) is 4.48. The van der Waals surface area contributed by atoms with Gasteiger partial charge in [0.1, 0.15) is 5.65 Å². The second kappa shape index (κ2) is 10.6. The van der Waals surface area contributed by atoms with Gasteiger partial charge in [-0.25, -0.2) is 4.98 Å². The van der Waals surface area contributed by atoms with E-state index in [1.54, 1.807) is 12.3 Å². The van der Waals surface area contributed by atoms with Crippen molar-refractivity contribution < 1.29 is 0 Å². The fraction of sp³-hybridized carbons (Fsp3) is 0.480. The van der Waals surface area contributed by atoms with Crippen LogP contribution in [-0.2, 0) is 0 Å². The lowest BCUT2D eigenvalue weighted by Crippen LogP contribution is -2.43. The monoisotopic (exact) mass is 434 g/mol. The Kier molecular flexibility index (Phi) is 7.37. The molecule has 32 heavy (non-hydrogen) atoms. The van der Waals surface area contributed by atoms with E-state index in [0.717, 1.165) is 50.1 Å². The quantitative estimate of drug-likeness (QED) is 0.484. The number of nitrogens with zero attached hydrogens (tertiary/aromatic N) is 4. The van der Waals surface area contributed by atoms with Crippen LogP contribution in [0.25, 0.3) is 11.0 Å². The number of anilines is 3. The molecule has 0 saturated carbocycles. The van der Waals surface area contributed by atoms with Gasteiger partial charge in [0, 0.05) is 61.2 Å². The lowest BCUT2D eigenvalue weighted by molar-refractivity contribution is 0.471. The molecule has 0 bridgehead atoms. The molecule has 7 heteroatoms. The third kappa shape index (κ3) is 5.27. The number of hydrogen-bond donors (Lipinski definition) is 2. The van der Waals surface area contributed by atoms with Crippen LogP contribution in [0.1, 0.15) is 52.0 Å². The van der Waals surface area contributed by atoms with E-state index < -0.39 is 0 Å². The highest BCUT2D eigenvalue weighted by atomic mass is 16.1. The summed E-state index contributed by atoms with van der Waals surface area (Å²) < 4.78 is 1.82. The standard InChI is InChI=1S/C25H34N6O/c1-3-4-5-6-7-19(2)31-23(32)13-8-20-18-27-25(29-24(20)31)28-21-9-11-22(12-10-21)30-16-14-26-15-17-30/h8-13,18-19,26H,3-7,14-17H2,1-2H3,(H,27,28,29). The van der Waals surface area contributed by atoms with Crippen molar-refractivity contribution in [3.05, 3.63) is 52.9 Å². The van der Waals surface area contributed by atoms with Crippen LogP contribution in [-0.4, -0.2) is 40.7 Å². The molecule has 7 nitrogen and oxygen atoms in total. The first-order valence-corrected chi connectivity index (χ1v) is 11.9. The Morgan fingerprint density at radius 1 is 1.06 bits per heavy atom. The highest BCUT2D eigenvalue weighted by molar-refractivity contribution is 5.76. The highest BCUT2D eigenvalue weighted by Crippen LogP contribution is 2.23. The maximum absolute atomic E-state index is 12.7. The first kappa shape index (κ1) is 22.3. The number of nitrogens with one attached hydrogen (secondary N) is 2. The van der Waals surface area contributed by atoms with E-state index in [4.69, 9.17) is 4.98 Å². The van der Waals surface area contributed by atoms with Gasteiger partial charge in [-0.2, -0.15) is 4.98 Å². The summed E-state index contributed by atoms with van der Waals surface area (Å²) in [6.07, 6.45) is 7.53. The minimum absolute atomic E-state index is 0.00878. The van der Waals surface area contributed by atoms with Crippen molar-refractivity contribution in [3.63, 3.8) is 0 Å². The van der Waals surface area contributed by atoms with Crippen molar-refractivity contribution in [2.75, 3.05) is 36.4 Å². The van der Waals surface area contributed by atoms with Gasteiger partial charge in [0.15, 0.2) is 0 Å². The maximum Gasteiger partial charge on any atom is 0.252 e. The molecule has 0 spiro atoms. The minimum Gasteiger partial charge on any atom is -0.369 e. The van der Waals surface area contributed by atoms with Crippen LogP contribution in [0.15, 0.2) is 47.4 Å². The Morgan fingerprint density at radius 3 is 2.59 bits per heavy atom. The van der Waals surface area contributed by atoms with Crippen molar-refractivity contribution in [2.45, 2.75) is 52.0 Å². The van der Waals surface area contributed by atoms with Crippen molar-refractivity contribution in [1.29, 1.82) is 0 Å². The van der Waals surface area contributed by atoms with Crippen LogP contribution >= 0.6 is 0 Å². The fourth-order valence-corrected chi connectivity index (χ4v) is 4.33. The molecule has 0 amide bonds. The van der Waals surface area contributed by atoms with Gasteiger partial charge in [0.05, 0.1) is 0 Å². The molecule has 3 aromatic rings. The Morgan fingerprint density at radius 2 is 1.84 bits per heavy atom. The van der Waals surface area contributed by atoms with Gasteiger partial charge in [0.2, 0.25) is 5.95 Å². The van der Waals surface area contributed by atoms with Crippen molar-refractivity contribution in [1.82, 2.24) is 19.9 Å². The number of piperazine rings is 1. The van der Waals surface area contributed by atoms with Crippen molar-refractivity contribution in [3.8, 4) is 0 Å². The molecule has 0 radical (unpaired) electrons. The zero-order valence-corrected chi connectivity index (χ0v) is 19.2. The largest absolute Gasteiger partial charge is 0.369 e. The molecule has 1 atom stereocenters. The highest BCUT2D eigenvalue weighted by Gasteiger charge is 2.14. The van der Waals surface area contributed by atoms with Gasteiger partial charge in [-0.05, 0) is 43.7 Å². The summed E-state index contributed by atoms with van der Waals surface area (Å²) in [5.74, 6) is 0.505. The Labute approximate surface area is 189 Å². The van der Waals surface area contributed by atoms with Gasteiger partial charge >= 0.3 is 0 Å². The van der Waals surface area contributed by atoms with Gasteiger partial charge in [0.25, 0.3) is 5.56 Å². The summed E-state index contributed by atoms with van der Waals surface area (Å²) in [5.41, 5.74) is 2.84. The molecular formula is C25H34N6O.